The molecule has 1 atom stereocenters. The zero-order valence-corrected chi connectivity index (χ0v) is 14.1. The van der Waals surface area contributed by atoms with Gasteiger partial charge in [0, 0.05) is 5.57 Å². The molecule has 0 saturated heterocycles. The summed E-state index contributed by atoms with van der Waals surface area (Å²) >= 11 is 0. The van der Waals surface area contributed by atoms with Crippen LogP contribution in [-0.4, -0.2) is 28.9 Å². The van der Waals surface area contributed by atoms with E-state index in [0.717, 1.165) is 11.1 Å². The van der Waals surface area contributed by atoms with Crippen molar-refractivity contribution in [2.45, 2.75) is 26.1 Å². The Hall–Kier alpha value is -2.43. The molecule has 24 heavy (non-hydrogen) atoms. The fourth-order valence-electron chi connectivity index (χ4n) is 1.88. The fraction of sp³-hybridized carbons (Fsp3) is 0.250. The number of carboxylic acids is 1. The molecule has 0 amide bonds. The number of hydrogen-bond acceptors (Lipinski definition) is 3. The molecule has 0 bridgehead atoms. The molecular weight excluding hydrogens is 304 g/mol. The van der Waals surface area contributed by atoms with Crippen LogP contribution in [0.15, 0.2) is 72.8 Å². The zero-order chi connectivity index (χ0) is 17.9. The minimum Gasteiger partial charge on any atom is -0.478 e. The van der Waals surface area contributed by atoms with Gasteiger partial charge in [0.15, 0.2) is 0 Å². The number of aliphatic hydroxyl groups is 1. The Morgan fingerprint density at radius 1 is 1.04 bits per heavy atom. The maximum absolute atomic E-state index is 9.60. The molecule has 0 fully saturated rings. The van der Waals surface area contributed by atoms with Crippen LogP contribution in [0.5, 0.6) is 0 Å². The van der Waals surface area contributed by atoms with E-state index >= 15 is 0 Å². The van der Waals surface area contributed by atoms with E-state index in [9.17, 15) is 9.90 Å². The monoisotopic (exact) mass is 328 g/mol. The van der Waals surface area contributed by atoms with Crippen LogP contribution < -0.4 is 0 Å². The van der Waals surface area contributed by atoms with E-state index in [2.05, 4.69) is 6.58 Å². The van der Waals surface area contributed by atoms with Crippen LogP contribution in [0.1, 0.15) is 31.1 Å². The number of rotatable bonds is 6. The summed E-state index contributed by atoms with van der Waals surface area (Å²) in [7, 11) is 0. The lowest BCUT2D eigenvalue weighted by atomic mass is 10.0. The lowest BCUT2D eigenvalue weighted by Gasteiger charge is -2.19. The molecule has 2 rings (SSSR count). The second kappa shape index (κ2) is 10.4. The highest BCUT2D eigenvalue weighted by Crippen LogP contribution is 2.25. The lowest BCUT2D eigenvalue weighted by Crippen LogP contribution is -2.15. The summed E-state index contributed by atoms with van der Waals surface area (Å²) in [4.78, 5) is 9.60. The fourth-order valence-corrected chi connectivity index (χ4v) is 1.88. The Labute approximate surface area is 143 Å². The number of aliphatic hydroxyl groups excluding tert-OH is 1. The second-order valence-electron chi connectivity index (χ2n) is 5.47. The van der Waals surface area contributed by atoms with Crippen LogP contribution in [0.2, 0.25) is 0 Å². The number of carboxylic acid groups (broad SMARTS) is 1. The van der Waals surface area contributed by atoms with Gasteiger partial charge in [-0.1, -0.05) is 67.2 Å². The third-order valence-corrected chi connectivity index (χ3v) is 3.07. The van der Waals surface area contributed by atoms with Crippen molar-refractivity contribution in [1.29, 1.82) is 0 Å². The van der Waals surface area contributed by atoms with Crippen molar-refractivity contribution >= 4 is 5.97 Å². The molecule has 0 aliphatic heterocycles. The number of hydrogen-bond donors (Lipinski definition) is 2. The van der Waals surface area contributed by atoms with E-state index in [1.807, 2.05) is 60.7 Å². The largest absolute Gasteiger partial charge is 0.478 e. The van der Waals surface area contributed by atoms with E-state index in [1.165, 1.54) is 6.92 Å². The quantitative estimate of drug-likeness (QED) is 0.791. The van der Waals surface area contributed by atoms with Gasteiger partial charge in [-0.2, -0.15) is 0 Å². The number of ether oxygens (including phenoxy) is 1. The molecule has 4 heteroatoms. The van der Waals surface area contributed by atoms with E-state index < -0.39 is 12.1 Å². The summed E-state index contributed by atoms with van der Waals surface area (Å²) in [5.41, 5.74) is 2.38. The van der Waals surface area contributed by atoms with Crippen molar-refractivity contribution in [2.24, 2.45) is 0 Å². The van der Waals surface area contributed by atoms with Crippen LogP contribution in [0.25, 0.3) is 0 Å². The Balaban J connectivity index is 0.000000413. The van der Waals surface area contributed by atoms with Gasteiger partial charge in [0.05, 0.1) is 12.7 Å². The molecule has 4 nitrogen and oxygen atoms in total. The number of carbonyl (C=O) groups is 1. The van der Waals surface area contributed by atoms with Crippen LogP contribution in [-0.2, 0) is 9.53 Å². The summed E-state index contributed by atoms with van der Waals surface area (Å²) < 4.78 is 5.83. The molecule has 2 aromatic carbocycles. The number of benzene rings is 2. The Kier molecular flexibility index (Phi) is 8.47. The molecule has 2 N–H and O–H groups in total. The molecule has 0 aromatic heterocycles. The number of aliphatic carboxylic acids is 1. The Bertz CT molecular complexity index is 569. The third-order valence-electron chi connectivity index (χ3n) is 3.07. The first-order valence-electron chi connectivity index (χ1n) is 7.70. The van der Waals surface area contributed by atoms with Gasteiger partial charge in [0.1, 0.15) is 6.10 Å². The highest BCUT2D eigenvalue weighted by Gasteiger charge is 2.14. The molecule has 2 aromatic rings. The predicted molar refractivity (Wildman–Crippen MR) is 94.8 cm³/mol. The van der Waals surface area contributed by atoms with Gasteiger partial charge in [-0.15, -0.1) is 0 Å². The van der Waals surface area contributed by atoms with Crippen LogP contribution in [0.4, 0.5) is 0 Å². The van der Waals surface area contributed by atoms with Crippen molar-refractivity contribution in [3.05, 3.63) is 83.9 Å². The van der Waals surface area contributed by atoms with Crippen molar-refractivity contribution in [3.8, 4) is 0 Å². The SMILES string of the molecule is C=C(C)C(=O)O.CC(O)COC(c1ccccc1)c1ccccc1. The van der Waals surface area contributed by atoms with Gasteiger partial charge in [-0.25, -0.2) is 4.79 Å². The first-order chi connectivity index (χ1) is 11.4. The smallest absolute Gasteiger partial charge is 0.330 e. The first-order valence-corrected chi connectivity index (χ1v) is 7.70. The molecule has 0 heterocycles. The maximum atomic E-state index is 9.60. The molecule has 0 aliphatic rings. The normalized spacial score (nSPS) is 11.3. The molecule has 0 radical (unpaired) electrons. The highest BCUT2D eigenvalue weighted by molar-refractivity contribution is 5.84. The Morgan fingerprint density at radius 2 is 1.42 bits per heavy atom. The van der Waals surface area contributed by atoms with Crippen molar-refractivity contribution in [1.82, 2.24) is 0 Å². The van der Waals surface area contributed by atoms with Gasteiger partial charge in [-0.05, 0) is 25.0 Å². The highest BCUT2D eigenvalue weighted by atomic mass is 16.5. The van der Waals surface area contributed by atoms with Gasteiger partial charge >= 0.3 is 5.97 Å². The van der Waals surface area contributed by atoms with Crippen molar-refractivity contribution in [3.63, 3.8) is 0 Å². The van der Waals surface area contributed by atoms with Gasteiger partial charge in [-0.3, -0.25) is 0 Å². The molecule has 0 aliphatic carbocycles. The van der Waals surface area contributed by atoms with Gasteiger partial charge in [0.2, 0.25) is 0 Å². The van der Waals surface area contributed by atoms with E-state index in [1.54, 1.807) is 6.92 Å². The average Bonchev–Trinajstić information content (AvgIpc) is 2.57. The van der Waals surface area contributed by atoms with Crippen molar-refractivity contribution in [2.75, 3.05) is 6.61 Å². The Morgan fingerprint density at radius 3 is 1.71 bits per heavy atom. The van der Waals surface area contributed by atoms with E-state index in [0.29, 0.717) is 6.61 Å². The summed E-state index contributed by atoms with van der Waals surface area (Å²) in [6.07, 6.45) is -0.582. The predicted octanol–water partition coefficient (Wildman–Crippen LogP) is 3.82. The average molecular weight is 328 g/mol. The van der Waals surface area contributed by atoms with Gasteiger partial charge < -0.3 is 14.9 Å². The lowest BCUT2D eigenvalue weighted by molar-refractivity contribution is -0.132. The summed E-state index contributed by atoms with van der Waals surface area (Å²) in [5.74, 6) is -0.935. The topological polar surface area (TPSA) is 66.8 Å². The first kappa shape index (κ1) is 19.6. The summed E-state index contributed by atoms with van der Waals surface area (Å²) in [6, 6.07) is 20.1. The zero-order valence-electron chi connectivity index (χ0n) is 14.1. The summed E-state index contributed by atoms with van der Waals surface area (Å²) in [5, 5.41) is 17.3. The van der Waals surface area contributed by atoms with Crippen LogP contribution in [0.3, 0.4) is 0 Å². The third kappa shape index (κ3) is 7.22. The molecule has 128 valence electrons. The van der Waals surface area contributed by atoms with Crippen LogP contribution >= 0.6 is 0 Å². The maximum Gasteiger partial charge on any atom is 0.330 e. The minimum atomic E-state index is -0.935. The molecule has 0 spiro atoms. The molecule has 0 saturated carbocycles. The second-order valence-corrected chi connectivity index (χ2v) is 5.47. The molecule has 1 unspecified atom stereocenters. The summed E-state index contributed by atoms with van der Waals surface area (Å²) in [6.45, 7) is 6.66. The van der Waals surface area contributed by atoms with E-state index in [4.69, 9.17) is 9.84 Å². The van der Waals surface area contributed by atoms with Crippen molar-refractivity contribution < 1.29 is 19.7 Å². The van der Waals surface area contributed by atoms with Gasteiger partial charge in [0.25, 0.3) is 0 Å². The molecular formula is C20H24O4. The minimum absolute atomic E-state index is 0.123. The van der Waals surface area contributed by atoms with Crippen LogP contribution in [0, 0.1) is 0 Å². The standard InChI is InChI=1S/C16H18O2.C4H6O2/c1-13(17)12-18-16(14-8-4-2-5-9-14)15-10-6-3-7-11-15;1-3(2)4(5)6/h2-11,13,16-17H,12H2,1H3;1H2,2H3,(H,5,6). The van der Waals surface area contributed by atoms with E-state index in [-0.39, 0.29) is 11.7 Å².